The summed E-state index contributed by atoms with van der Waals surface area (Å²) in [7, 11) is 4.03. The van der Waals surface area contributed by atoms with Crippen LogP contribution in [-0.2, 0) is 20.1 Å². The van der Waals surface area contributed by atoms with Crippen LogP contribution in [0.25, 0.3) is 0 Å². The second kappa shape index (κ2) is 6.33. The zero-order chi connectivity index (χ0) is 13.7. The summed E-state index contributed by atoms with van der Waals surface area (Å²) in [5, 5.41) is 7.55. The van der Waals surface area contributed by atoms with E-state index in [0.717, 1.165) is 19.6 Å². The zero-order valence-corrected chi connectivity index (χ0v) is 11.8. The molecule has 0 aliphatic carbocycles. The molecule has 2 aromatic rings. The van der Waals surface area contributed by atoms with E-state index in [0.29, 0.717) is 0 Å². The van der Waals surface area contributed by atoms with E-state index in [-0.39, 0.29) is 0 Å². The Bertz CT molecular complexity index is 520. The second-order valence-corrected chi connectivity index (χ2v) is 4.66. The molecule has 2 rings (SSSR count). The van der Waals surface area contributed by atoms with Crippen molar-refractivity contribution in [3.63, 3.8) is 0 Å². The maximum absolute atomic E-state index is 4.21. The average molecular weight is 259 g/mol. The normalized spacial score (nSPS) is 10.7. The fraction of sp³-hybridized carbons (Fsp3) is 0.429. The number of aromatic nitrogens is 3. The smallest absolute Gasteiger partial charge is 0.0539 e. The first-order chi connectivity index (χ1) is 9.20. The van der Waals surface area contributed by atoms with Crippen molar-refractivity contribution in [1.29, 1.82) is 0 Å². The monoisotopic (exact) mass is 259 g/mol. The van der Waals surface area contributed by atoms with E-state index >= 15 is 0 Å². The third-order valence-corrected chi connectivity index (χ3v) is 3.03. The van der Waals surface area contributed by atoms with Crippen molar-refractivity contribution in [1.82, 2.24) is 20.1 Å². The predicted molar refractivity (Wildman–Crippen MR) is 76.9 cm³/mol. The molecule has 0 aromatic carbocycles. The van der Waals surface area contributed by atoms with Gasteiger partial charge in [-0.2, -0.15) is 5.10 Å². The van der Waals surface area contributed by atoms with Crippen molar-refractivity contribution in [2.45, 2.75) is 20.0 Å². The molecule has 0 amide bonds. The molecule has 0 radical (unpaired) electrons. The molecule has 102 valence electrons. The Kier molecular flexibility index (Phi) is 4.52. The fourth-order valence-corrected chi connectivity index (χ4v) is 2.10. The van der Waals surface area contributed by atoms with Crippen LogP contribution < -0.4 is 10.2 Å². The van der Waals surface area contributed by atoms with Gasteiger partial charge in [0, 0.05) is 62.6 Å². The van der Waals surface area contributed by atoms with E-state index in [9.17, 15) is 0 Å². The van der Waals surface area contributed by atoms with Gasteiger partial charge >= 0.3 is 0 Å². The first-order valence-corrected chi connectivity index (χ1v) is 6.53. The Morgan fingerprint density at radius 2 is 2.21 bits per heavy atom. The van der Waals surface area contributed by atoms with E-state index in [4.69, 9.17) is 0 Å². The summed E-state index contributed by atoms with van der Waals surface area (Å²) in [6.45, 7) is 4.75. The molecule has 0 saturated carbocycles. The quantitative estimate of drug-likeness (QED) is 0.855. The van der Waals surface area contributed by atoms with Gasteiger partial charge in [-0.15, -0.1) is 0 Å². The van der Waals surface area contributed by atoms with Gasteiger partial charge in [0.2, 0.25) is 0 Å². The average Bonchev–Trinajstić information content (AvgIpc) is 2.82. The van der Waals surface area contributed by atoms with Crippen molar-refractivity contribution in [3.8, 4) is 0 Å². The first kappa shape index (κ1) is 13.5. The summed E-state index contributed by atoms with van der Waals surface area (Å²) >= 11 is 0. The zero-order valence-electron chi connectivity index (χ0n) is 11.8. The van der Waals surface area contributed by atoms with Crippen LogP contribution in [0.4, 0.5) is 5.69 Å². The van der Waals surface area contributed by atoms with Crippen molar-refractivity contribution in [2.24, 2.45) is 7.05 Å². The van der Waals surface area contributed by atoms with Crippen LogP contribution in [0.15, 0.2) is 30.9 Å². The first-order valence-electron chi connectivity index (χ1n) is 6.53. The largest absolute Gasteiger partial charge is 0.370 e. The summed E-state index contributed by atoms with van der Waals surface area (Å²) < 4.78 is 1.83. The topological polar surface area (TPSA) is 46.0 Å². The predicted octanol–water partition coefficient (Wildman–Crippen LogP) is 1.56. The SMILES string of the molecule is CCNCc1cnccc1N(C)Cc1cnn(C)c1. The number of nitrogens with one attached hydrogen (secondary N) is 1. The van der Waals surface area contributed by atoms with Crippen LogP contribution >= 0.6 is 0 Å². The lowest BCUT2D eigenvalue weighted by Gasteiger charge is -2.21. The highest BCUT2D eigenvalue weighted by molar-refractivity contribution is 5.51. The number of nitrogens with zero attached hydrogens (tertiary/aromatic N) is 4. The molecule has 1 N–H and O–H groups in total. The molecule has 19 heavy (non-hydrogen) atoms. The minimum atomic E-state index is 0.844. The molecular weight excluding hydrogens is 238 g/mol. The summed E-state index contributed by atoms with van der Waals surface area (Å²) in [5.74, 6) is 0. The molecule has 0 fully saturated rings. The van der Waals surface area contributed by atoms with Gasteiger partial charge in [0.15, 0.2) is 0 Å². The van der Waals surface area contributed by atoms with Gasteiger partial charge in [-0.25, -0.2) is 0 Å². The highest BCUT2D eigenvalue weighted by Crippen LogP contribution is 2.19. The maximum Gasteiger partial charge on any atom is 0.0539 e. The number of aryl methyl sites for hydroxylation is 1. The summed E-state index contributed by atoms with van der Waals surface area (Å²) in [6, 6.07) is 2.06. The molecule has 0 bridgehead atoms. The summed E-state index contributed by atoms with van der Waals surface area (Å²) in [5.41, 5.74) is 3.63. The second-order valence-electron chi connectivity index (χ2n) is 4.66. The highest BCUT2D eigenvalue weighted by Gasteiger charge is 2.08. The number of rotatable bonds is 6. The van der Waals surface area contributed by atoms with Crippen molar-refractivity contribution in [3.05, 3.63) is 42.0 Å². The lowest BCUT2D eigenvalue weighted by Crippen LogP contribution is -2.20. The molecule has 0 spiro atoms. The van der Waals surface area contributed by atoms with Gasteiger partial charge in [-0.1, -0.05) is 6.92 Å². The highest BCUT2D eigenvalue weighted by atomic mass is 15.2. The van der Waals surface area contributed by atoms with Crippen LogP contribution in [0.5, 0.6) is 0 Å². The lowest BCUT2D eigenvalue weighted by atomic mass is 10.2. The van der Waals surface area contributed by atoms with E-state index in [1.165, 1.54) is 16.8 Å². The van der Waals surface area contributed by atoms with Gasteiger partial charge in [-0.05, 0) is 12.6 Å². The number of pyridine rings is 1. The van der Waals surface area contributed by atoms with Crippen molar-refractivity contribution < 1.29 is 0 Å². The van der Waals surface area contributed by atoms with Gasteiger partial charge < -0.3 is 10.2 Å². The number of hydrogen-bond acceptors (Lipinski definition) is 4. The Hall–Kier alpha value is -1.88. The van der Waals surface area contributed by atoms with E-state index in [1.54, 1.807) is 0 Å². The van der Waals surface area contributed by atoms with Gasteiger partial charge in [0.1, 0.15) is 0 Å². The summed E-state index contributed by atoms with van der Waals surface area (Å²) in [4.78, 5) is 6.44. The Morgan fingerprint density at radius 3 is 2.89 bits per heavy atom. The van der Waals surface area contributed by atoms with Crippen LogP contribution in [0, 0.1) is 0 Å². The molecule has 2 heterocycles. The summed E-state index contributed by atoms with van der Waals surface area (Å²) in [6.07, 6.45) is 7.71. The van der Waals surface area contributed by atoms with Gasteiger partial charge in [0.05, 0.1) is 6.20 Å². The Morgan fingerprint density at radius 1 is 1.37 bits per heavy atom. The van der Waals surface area contributed by atoms with Crippen LogP contribution in [-0.4, -0.2) is 28.4 Å². The number of anilines is 1. The van der Waals surface area contributed by atoms with Crippen molar-refractivity contribution in [2.75, 3.05) is 18.5 Å². The molecule has 0 aliphatic heterocycles. The standard InChI is InChI=1S/C14H21N5/c1-4-15-8-13-9-16-6-5-14(13)18(2)10-12-7-17-19(3)11-12/h5-7,9,11,15H,4,8,10H2,1-3H3. The van der Waals surface area contributed by atoms with Crippen LogP contribution in [0.3, 0.4) is 0 Å². The lowest BCUT2D eigenvalue weighted by molar-refractivity contribution is 0.720. The third-order valence-electron chi connectivity index (χ3n) is 3.03. The van der Waals surface area contributed by atoms with Crippen LogP contribution in [0.2, 0.25) is 0 Å². The molecule has 5 nitrogen and oxygen atoms in total. The fourth-order valence-electron chi connectivity index (χ4n) is 2.10. The van der Waals surface area contributed by atoms with Gasteiger partial charge in [0.25, 0.3) is 0 Å². The maximum atomic E-state index is 4.21. The van der Waals surface area contributed by atoms with E-state index in [2.05, 4.69) is 40.3 Å². The minimum absolute atomic E-state index is 0.844. The molecule has 2 aromatic heterocycles. The third kappa shape index (κ3) is 3.54. The van der Waals surface area contributed by atoms with Crippen LogP contribution in [0.1, 0.15) is 18.1 Å². The number of hydrogen-bond donors (Lipinski definition) is 1. The molecule has 0 aliphatic rings. The molecule has 0 saturated heterocycles. The van der Waals surface area contributed by atoms with E-state index in [1.807, 2.05) is 36.5 Å². The molecule has 5 heteroatoms. The molecule has 0 unspecified atom stereocenters. The Labute approximate surface area is 114 Å². The molecule has 0 atom stereocenters. The van der Waals surface area contributed by atoms with Gasteiger partial charge in [-0.3, -0.25) is 9.67 Å². The van der Waals surface area contributed by atoms with E-state index < -0.39 is 0 Å². The minimum Gasteiger partial charge on any atom is -0.370 e. The van der Waals surface area contributed by atoms with Crippen molar-refractivity contribution >= 4 is 5.69 Å². The molecular formula is C14H21N5. The Balaban J connectivity index is 2.11.